The highest BCUT2D eigenvalue weighted by atomic mass is 79.9. The van der Waals surface area contributed by atoms with Gasteiger partial charge in [0.25, 0.3) is 0 Å². The second kappa shape index (κ2) is 6.43. The summed E-state index contributed by atoms with van der Waals surface area (Å²) in [6.45, 7) is 7.50. The van der Waals surface area contributed by atoms with E-state index in [-0.39, 0.29) is 0 Å². The van der Waals surface area contributed by atoms with E-state index >= 15 is 0 Å². The molecule has 0 radical (unpaired) electrons. The van der Waals surface area contributed by atoms with Crippen LogP contribution in [0.25, 0.3) is 0 Å². The molecule has 0 unspecified atom stereocenters. The lowest BCUT2D eigenvalue weighted by Crippen LogP contribution is -2.32. The summed E-state index contributed by atoms with van der Waals surface area (Å²) < 4.78 is 4.37. The second-order valence-electron chi connectivity index (χ2n) is 3.72. The van der Waals surface area contributed by atoms with Crippen molar-refractivity contribution in [3.63, 3.8) is 0 Å². The summed E-state index contributed by atoms with van der Waals surface area (Å²) in [5, 5.41) is 2.02. The Balaban J connectivity index is 2.72. The van der Waals surface area contributed by atoms with Gasteiger partial charge < -0.3 is 4.90 Å². The third-order valence-corrected chi connectivity index (χ3v) is 3.27. The molecule has 1 heterocycles. The zero-order valence-electron chi connectivity index (χ0n) is 9.53. The first-order chi connectivity index (χ1) is 7.19. The van der Waals surface area contributed by atoms with Gasteiger partial charge in [-0.3, -0.25) is 0 Å². The fourth-order valence-electron chi connectivity index (χ4n) is 1.35. The van der Waals surface area contributed by atoms with Crippen molar-refractivity contribution in [3.05, 3.63) is 5.82 Å². The molecule has 0 fully saturated rings. The second-order valence-corrected chi connectivity index (χ2v) is 5.24. The molecule has 3 nitrogen and oxygen atoms in total. The number of alkyl halides is 1. The topological polar surface area (TPSA) is 29.0 Å². The number of hydrogen-bond acceptors (Lipinski definition) is 4. The van der Waals surface area contributed by atoms with Gasteiger partial charge in [0.05, 0.1) is 0 Å². The molecule has 0 N–H and O–H groups in total. The molecular weight excluding hydrogens is 274 g/mol. The minimum absolute atomic E-state index is 0.477. The Morgan fingerprint density at radius 1 is 1.47 bits per heavy atom. The smallest absolute Gasteiger partial charge is 0.205 e. The van der Waals surface area contributed by atoms with Crippen LogP contribution < -0.4 is 4.90 Å². The van der Waals surface area contributed by atoms with Crippen molar-refractivity contribution in [1.29, 1.82) is 0 Å². The van der Waals surface area contributed by atoms with Gasteiger partial charge in [0.2, 0.25) is 5.13 Å². The average Bonchev–Trinajstić information content (AvgIpc) is 2.62. The van der Waals surface area contributed by atoms with E-state index in [1.165, 1.54) is 11.5 Å². The zero-order valence-corrected chi connectivity index (χ0v) is 11.9. The Hall–Kier alpha value is -0.160. The lowest BCUT2D eigenvalue weighted by atomic mass is 10.3. The summed E-state index contributed by atoms with van der Waals surface area (Å²) in [6, 6.07) is 0.477. The quantitative estimate of drug-likeness (QED) is 0.754. The van der Waals surface area contributed by atoms with Gasteiger partial charge in [0.15, 0.2) is 0 Å². The van der Waals surface area contributed by atoms with Crippen molar-refractivity contribution in [2.45, 2.75) is 39.7 Å². The lowest BCUT2D eigenvalue weighted by molar-refractivity contribution is 0.702. The molecule has 1 aromatic heterocycles. The fourth-order valence-corrected chi connectivity index (χ4v) is 2.61. The molecule has 0 atom stereocenters. The van der Waals surface area contributed by atoms with E-state index in [1.54, 1.807) is 0 Å². The van der Waals surface area contributed by atoms with Crippen molar-refractivity contribution < 1.29 is 0 Å². The van der Waals surface area contributed by atoms with Gasteiger partial charge in [-0.25, -0.2) is 4.98 Å². The molecule has 0 saturated heterocycles. The molecule has 0 aliphatic heterocycles. The molecule has 1 rings (SSSR count). The van der Waals surface area contributed by atoms with Crippen LogP contribution in [0.2, 0.25) is 0 Å². The van der Waals surface area contributed by atoms with E-state index in [1.807, 2.05) is 0 Å². The molecule has 0 aliphatic rings. The minimum atomic E-state index is 0.477. The van der Waals surface area contributed by atoms with Crippen molar-refractivity contribution in [2.24, 2.45) is 0 Å². The first kappa shape index (κ1) is 12.9. The number of hydrogen-bond donors (Lipinski definition) is 0. The molecule has 0 saturated carbocycles. The lowest BCUT2D eigenvalue weighted by Gasteiger charge is -2.24. The largest absolute Gasteiger partial charge is 0.344 e. The normalized spacial score (nSPS) is 11.0. The van der Waals surface area contributed by atoms with Gasteiger partial charge in [0, 0.05) is 35.9 Å². The highest BCUT2D eigenvalue weighted by Gasteiger charge is 2.14. The summed E-state index contributed by atoms with van der Waals surface area (Å²) in [5.74, 6) is 0.984. The molecule has 0 amide bonds. The predicted octanol–water partition coefficient (Wildman–Crippen LogP) is 3.10. The Bertz CT molecular complexity index is 288. The maximum absolute atomic E-state index is 4.55. The summed E-state index contributed by atoms with van der Waals surface area (Å²) in [4.78, 5) is 6.84. The standard InChI is InChI=1S/C10H18BrN3S/c1-4-5-9-12-10(15-13-9)14(7-6-11)8(2)3/h8H,4-7H2,1-3H3. The van der Waals surface area contributed by atoms with Crippen LogP contribution in [0.15, 0.2) is 0 Å². The van der Waals surface area contributed by atoms with E-state index < -0.39 is 0 Å². The maximum atomic E-state index is 4.55. The molecule has 86 valence electrons. The van der Waals surface area contributed by atoms with Crippen molar-refractivity contribution >= 4 is 32.6 Å². The monoisotopic (exact) mass is 291 g/mol. The van der Waals surface area contributed by atoms with Gasteiger partial charge in [-0.2, -0.15) is 4.37 Å². The molecule has 0 aromatic carbocycles. The van der Waals surface area contributed by atoms with E-state index in [0.29, 0.717) is 6.04 Å². The number of aromatic nitrogens is 2. The predicted molar refractivity (Wildman–Crippen MR) is 70.2 cm³/mol. The van der Waals surface area contributed by atoms with E-state index in [0.717, 1.165) is 35.7 Å². The summed E-state index contributed by atoms with van der Waals surface area (Å²) in [6.07, 6.45) is 2.09. The van der Waals surface area contributed by atoms with Crippen molar-refractivity contribution in [3.8, 4) is 0 Å². The van der Waals surface area contributed by atoms with Crippen LogP contribution in [-0.2, 0) is 6.42 Å². The number of aryl methyl sites for hydroxylation is 1. The summed E-state index contributed by atoms with van der Waals surface area (Å²) in [5.41, 5.74) is 0. The SMILES string of the molecule is CCCc1nsc(N(CCBr)C(C)C)n1. The third kappa shape index (κ3) is 3.72. The third-order valence-electron chi connectivity index (χ3n) is 2.13. The molecular formula is C10H18BrN3S. The average molecular weight is 292 g/mol. The molecule has 0 aliphatic carbocycles. The Morgan fingerprint density at radius 3 is 2.73 bits per heavy atom. The van der Waals surface area contributed by atoms with E-state index in [4.69, 9.17) is 0 Å². The van der Waals surface area contributed by atoms with Crippen molar-refractivity contribution in [2.75, 3.05) is 16.8 Å². The van der Waals surface area contributed by atoms with Crippen LogP contribution in [0.1, 0.15) is 33.0 Å². The Labute approximate surface area is 104 Å². The number of rotatable bonds is 6. The van der Waals surface area contributed by atoms with Gasteiger partial charge in [0.1, 0.15) is 5.82 Å². The van der Waals surface area contributed by atoms with Crippen LogP contribution in [-0.4, -0.2) is 27.3 Å². The number of nitrogens with zero attached hydrogens (tertiary/aromatic N) is 3. The van der Waals surface area contributed by atoms with Crippen LogP contribution in [0, 0.1) is 0 Å². The first-order valence-electron chi connectivity index (χ1n) is 5.34. The molecule has 15 heavy (non-hydrogen) atoms. The van der Waals surface area contributed by atoms with Crippen LogP contribution in [0.5, 0.6) is 0 Å². The number of anilines is 1. The van der Waals surface area contributed by atoms with Gasteiger partial charge >= 0.3 is 0 Å². The van der Waals surface area contributed by atoms with Crippen LogP contribution in [0.3, 0.4) is 0 Å². The Morgan fingerprint density at radius 2 is 2.20 bits per heavy atom. The minimum Gasteiger partial charge on any atom is -0.344 e. The Kier molecular flexibility index (Phi) is 5.53. The molecule has 5 heteroatoms. The van der Waals surface area contributed by atoms with Crippen LogP contribution >= 0.6 is 27.5 Å². The summed E-state index contributed by atoms with van der Waals surface area (Å²) in [7, 11) is 0. The maximum Gasteiger partial charge on any atom is 0.205 e. The molecule has 1 aromatic rings. The van der Waals surface area contributed by atoms with E-state index in [9.17, 15) is 0 Å². The first-order valence-corrected chi connectivity index (χ1v) is 7.23. The van der Waals surface area contributed by atoms with Gasteiger partial charge in [-0.1, -0.05) is 22.9 Å². The van der Waals surface area contributed by atoms with Gasteiger partial charge in [-0.15, -0.1) is 0 Å². The van der Waals surface area contributed by atoms with Gasteiger partial charge in [-0.05, 0) is 20.3 Å². The molecule has 0 bridgehead atoms. The van der Waals surface area contributed by atoms with E-state index in [2.05, 4.69) is 51.0 Å². The summed E-state index contributed by atoms with van der Waals surface area (Å²) >= 11 is 4.98. The number of halogens is 1. The zero-order chi connectivity index (χ0) is 11.3. The highest BCUT2D eigenvalue weighted by molar-refractivity contribution is 9.09. The molecule has 0 spiro atoms. The van der Waals surface area contributed by atoms with Crippen LogP contribution in [0.4, 0.5) is 5.13 Å². The van der Waals surface area contributed by atoms with Crippen molar-refractivity contribution in [1.82, 2.24) is 9.36 Å². The highest BCUT2D eigenvalue weighted by Crippen LogP contribution is 2.20. The fraction of sp³-hybridized carbons (Fsp3) is 0.800.